The topological polar surface area (TPSA) is 57.6 Å². The van der Waals surface area contributed by atoms with E-state index in [4.69, 9.17) is 0 Å². The van der Waals surface area contributed by atoms with Gasteiger partial charge in [-0.3, -0.25) is 4.79 Å². The standard InChI is InChI=1S/C15H17NO3/c17-13(8-11-4-2-1-3-5-11)16-10-15(6-7-15)9-12(16)14(18)19/h1-5,12H,6-10H2,(H,18,19)/t12-/m0/s1. The summed E-state index contributed by atoms with van der Waals surface area (Å²) in [5.74, 6) is -0.937. The molecular weight excluding hydrogens is 242 g/mol. The molecule has 0 aromatic heterocycles. The van der Waals surface area contributed by atoms with E-state index in [0.717, 1.165) is 18.4 Å². The summed E-state index contributed by atoms with van der Waals surface area (Å²) < 4.78 is 0. The Bertz CT molecular complexity index is 507. The number of hydrogen-bond donors (Lipinski definition) is 1. The predicted molar refractivity (Wildman–Crippen MR) is 69.6 cm³/mol. The summed E-state index contributed by atoms with van der Waals surface area (Å²) in [7, 11) is 0. The molecule has 2 aliphatic rings. The maximum absolute atomic E-state index is 12.3. The molecule has 1 heterocycles. The first kappa shape index (κ1) is 12.2. The van der Waals surface area contributed by atoms with Gasteiger partial charge in [0.05, 0.1) is 6.42 Å². The normalized spacial score (nSPS) is 23.6. The molecule has 100 valence electrons. The number of rotatable bonds is 3. The van der Waals surface area contributed by atoms with Crippen molar-refractivity contribution in [3.63, 3.8) is 0 Å². The molecule has 3 rings (SSSR count). The minimum atomic E-state index is -0.870. The Hall–Kier alpha value is -1.84. The Kier molecular flexibility index (Phi) is 2.81. The van der Waals surface area contributed by atoms with Crippen molar-refractivity contribution in [2.24, 2.45) is 5.41 Å². The van der Waals surface area contributed by atoms with Gasteiger partial charge in [0.1, 0.15) is 6.04 Å². The zero-order valence-electron chi connectivity index (χ0n) is 10.7. The zero-order valence-corrected chi connectivity index (χ0v) is 10.7. The smallest absolute Gasteiger partial charge is 0.326 e. The first-order chi connectivity index (χ1) is 9.10. The quantitative estimate of drug-likeness (QED) is 0.898. The summed E-state index contributed by atoms with van der Waals surface area (Å²) in [5, 5.41) is 9.26. The van der Waals surface area contributed by atoms with Crippen LogP contribution in [0.5, 0.6) is 0 Å². The molecule has 1 aliphatic carbocycles. The fourth-order valence-corrected chi connectivity index (χ4v) is 2.95. The highest BCUT2D eigenvalue weighted by atomic mass is 16.4. The van der Waals surface area contributed by atoms with Crippen LogP contribution < -0.4 is 0 Å². The Labute approximate surface area is 112 Å². The van der Waals surface area contributed by atoms with Crippen molar-refractivity contribution < 1.29 is 14.7 Å². The zero-order chi connectivity index (χ0) is 13.5. The molecule has 19 heavy (non-hydrogen) atoms. The minimum absolute atomic E-state index is 0.0672. The fourth-order valence-electron chi connectivity index (χ4n) is 2.95. The predicted octanol–water partition coefficient (Wildman–Crippen LogP) is 1.69. The van der Waals surface area contributed by atoms with Gasteiger partial charge in [0.25, 0.3) is 0 Å². The van der Waals surface area contributed by atoms with Crippen LogP contribution in [0, 0.1) is 5.41 Å². The van der Waals surface area contributed by atoms with E-state index < -0.39 is 12.0 Å². The third-order valence-corrected chi connectivity index (χ3v) is 4.27. The van der Waals surface area contributed by atoms with Gasteiger partial charge in [0.2, 0.25) is 5.91 Å². The van der Waals surface area contributed by atoms with E-state index in [1.165, 1.54) is 0 Å². The second-order valence-electron chi connectivity index (χ2n) is 5.74. The second-order valence-corrected chi connectivity index (χ2v) is 5.74. The first-order valence-corrected chi connectivity index (χ1v) is 6.66. The number of aliphatic carboxylic acids is 1. The minimum Gasteiger partial charge on any atom is -0.480 e. The Morgan fingerprint density at radius 2 is 1.95 bits per heavy atom. The molecule has 0 unspecified atom stereocenters. The van der Waals surface area contributed by atoms with E-state index in [1.807, 2.05) is 30.3 Å². The van der Waals surface area contributed by atoms with E-state index in [-0.39, 0.29) is 11.3 Å². The highest BCUT2D eigenvalue weighted by Gasteiger charge is 2.55. The molecule has 1 amide bonds. The van der Waals surface area contributed by atoms with Crippen LogP contribution in [0.3, 0.4) is 0 Å². The Balaban J connectivity index is 1.73. The van der Waals surface area contributed by atoms with Crippen LogP contribution in [0.4, 0.5) is 0 Å². The van der Waals surface area contributed by atoms with E-state index in [2.05, 4.69) is 0 Å². The summed E-state index contributed by atoms with van der Waals surface area (Å²) in [5.41, 5.74) is 1.06. The van der Waals surface area contributed by atoms with Crippen LogP contribution >= 0.6 is 0 Å². The number of benzene rings is 1. The van der Waals surface area contributed by atoms with Crippen LogP contribution in [-0.4, -0.2) is 34.5 Å². The molecule has 4 nitrogen and oxygen atoms in total. The van der Waals surface area contributed by atoms with Crippen LogP contribution in [0.1, 0.15) is 24.8 Å². The number of likely N-dealkylation sites (tertiary alicyclic amines) is 1. The number of carboxylic acid groups (broad SMARTS) is 1. The maximum atomic E-state index is 12.3. The number of hydrogen-bond acceptors (Lipinski definition) is 2. The molecule has 1 spiro atoms. The maximum Gasteiger partial charge on any atom is 0.326 e. The highest BCUT2D eigenvalue weighted by molar-refractivity contribution is 5.86. The van der Waals surface area contributed by atoms with E-state index in [9.17, 15) is 14.7 Å². The number of amides is 1. The third kappa shape index (κ3) is 2.35. The molecule has 1 aliphatic heterocycles. The lowest BCUT2D eigenvalue weighted by molar-refractivity contribution is -0.148. The average molecular weight is 259 g/mol. The number of nitrogens with zero attached hydrogens (tertiary/aromatic N) is 1. The molecule has 1 aromatic carbocycles. The summed E-state index contributed by atoms with van der Waals surface area (Å²) in [6.45, 7) is 0.621. The van der Waals surface area contributed by atoms with Crippen LogP contribution in [0.2, 0.25) is 0 Å². The molecule has 1 aromatic rings. The highest BCUT2D eigenvalue weighted by Crippen LogP contribution is 2.54. The largest absolute Gasteiger partial charge is 0.480 e. The SMILES string of the molecule is O=C(O)[C@@H]1CC2(CC2)CN1C(=O)Cc1ccccc1. The number of carbonyl (C=O) groups is 2. The van der Waals surface area contributed by atoms with Crippen molar-refractivity contribution >= 4 is 11.9 Å². The van der Waals surface area contributed by atoms with E-state index >= 15 is 0 Å². The van der Waals surface area contributed by atoms with Crippen molar-refractivity contribution in [3.8, 4) is 0 Å². The average Bonchev–Trinajstić information content (AvgIpc) is 3.01. The van der Waals surface area contributed by atoms with Gasteiger partial charge in [-0.1, -0.05) is 30.3 Å². The fraction of sp³-hybridized carbons (Fsp3) is 0.467. The lowest BCUT2D eigenvalue weighted by Gasteiger charge is -2.21. The van der Waals surface area contributed by atoms with Gasteiger partial charge in [-0.2, -0.15) is 0 Å². The molecule has 1 saturated carbocycles. The van der Waals surface area contributed by atoms with Crippen LogP contribution in [-0.2, 0) is 16.0 Å². The van der Waals surface area contributed by atoms with Crippen LogP contribution in [0.15, 0.2) is 30.3 Å². The second kappa shape index (κ2) is 4.37. The van der Waals surface area contributed by atoms with Crippen molar-refractivity contribution in [2.75, 3.05) is 6.54 Å². The molecule has 2 fully saturated rings. The van der Waals surface area contributed by atoms with Gasteiger partial charge in [0, 0.05) is 6.54 Å². The third-order valence-electron chi connectivity index (χ3n) is 4.27. The van der Waals surface area contributed by atoms with Gasteiger partial charge < -0.3 is 10.0 Å². The number of carboxylic acids is 1. The summed E-state index contributed by atoms with van der Waals surface area (Å²) in [4.78, 5) is 25.2. The molecular formula is C15H17NO3. The van der Waals surface area contributed by atoms with Crippen LogP contribution in [0.25, 0.3) is 0 Å². The summed E-state index contributed by atoms with van der Waals surface area (Å²) in [6.07, 6.45) is 3.04. The Morgan fingerprint density at radius 3 is 2.53 bits per heavy atom. The van der Waals surface area contributed by atoms with Gasteiger partial charge in [0.15, 0.2) is 0 Å². The van der Waals surface area contributed by atoms with E-state index in [0.29, 0.717) is 19.4 Å². The molecule has 0 radical (unpaired) electrons. The van der Waals surface area contributed by atoms with E-state index in [1.54, 1.807) is 4.90 Å². The van der Waals surface area contributed by atoms with Crippen molar-refractivity contribution in [1.29, 1.82) is 0 Å². The van der Waals surface area contributed by atoms with Gasteiger partial charge >= 0.3 is 5.97 Å². The van der Waals surface area contributed by atoms with Gasteiger partial charge in [-0.05, 0) is 30.2 Å². The molecule has 1 saturated heterocycles. The number of carbonyl (C=O) groups excluding carboxylic acids is 1. The molecule has 1 atom stereocenters. The van der Waals surface area contributed by atoms with Gasteiger partial charge in [-0.25, -0.2) is 4.79 Å². The molecule has 1 N–H and O–H groups in total. The molecule has 4 heteroatoms. The summed E-state index contributed by atoms with van der Waals surface area (Å²) >= 11 is 0. The summed E-state index contributed by atoms with van der Waals surface area (Å²) in [6, 6.07) is 8.86. The van der Waals surface area contributed by atoms with Gasteiger partial charge in [-0.15, -0.1) is 0 Å². The lowest BCUT2D eigenvalue weighted by Crippen LogP contribution is -2.41. The van der Waals surface area contributed by atoms with Crippen molar-refractivity contribution in [2.45, 2.75) is 31.7 Å². The molecule has 0 bridgehead atoms. The Morgan fingerprint density at radius 1 is 1.26 bits per heavy atom. The van der Waals surface area contributed by atoms with Crippen molar-refractivity contribution in [1.82, 2.24) is 4.90 Å². The van der Waals surface area contributed by atoms with Crippen molar-refractivity contribution in [3.05, 3.63) is 35.9 Å². The monoisotopic (exact) mass is 259 g/mol. The first-order valence-electron chi connectivity index (χ1n) is 6.66. The lowest BCUT2D eigenvalue weighted by atomic mass is 10.0.